The van der Waals surface area contributed by atoms with Crippen LogP contribution in [0.5, 0.6) is 0 Å². The molecule has 0 atom stereocenters. The average Bonchev–Trinajstić information content (AvgIpc) is 2.62. The van der Waals surface area contributed by atoms with Gasteiger partial charge in [0.1, 0.15) is 5.60 Å². The van der Waals surface area contributed by atoms with Crippen LogP contribution < -0.4 is 0 Å². The lowest BCUT2D eigenvalue weighted by Crippen LogP contribution is -2.41. The second-order valence-corrected chi connectivity index (χ2v) is 8.37. The molecule has 0 saturated carbocycles. The summed E-state index contributed by atoms with van der Waals surface area (Å²) in [5.41, 5.74) is 2.32. The molecule has 26 heavy (non-hydrogen) atoms. The highest BCUT2D eigenvalue weighted by atomic mass is 16.6. The van der Waals surface area contributed by atoms with Crippen LogP contribution in [0.15, 0.2) is 24.3 Å². The van der Waals surface area contributed by atoms with Gasteiger partial charge in [0.15, 0.2) is 0 Å². The molecule has 2 saturated heterocycles. The molecule has 0 spiro atoms. The van der Waals surface area contributed by atoms with Crippen molar-refractivity contribution in [1.82, 2.24) is 9.80 Å². The molecule has 1 aromatic rings. The zero-order valence-corrected chi connectivity index (χ0v) is 16.4. The third-order valence-corrected chi connectivity index (χ3v) is 5.11. The number of amides is 1. The van der Waals surface area contributed by atoms with Crippen molar-refractivity contribution in [3.8, 4) is 0 Å². The van der Waals surface area contributed by atoms with Crippen molar-refractivity contribution in [3.05, 3.63) is 35.4 Å². The van der Waals surface area contributed by atoms with Crippen molar-refractivity contribution in [1.29, 1.82) is 0 Å². The van der Waals surface area contributed by atoms with Crippen molar-refractivity contribution < 1.29 is 14.3 Å². The van der Waals surface area contributed by atoms with Gasteiger partial charge in [-0.15, -0.1) is 0 Å². The third kappa shape index (κ3) is 5.45. The van der Waals surface area contributed by atoms with Gasteiger partial charge >= 0.3 is 6.09 Å². The number of rotatable bonds is 3. The molecule has 5 heteroatoms. The van der Waals surface area contributed by atoms with Gasteiger partial charge in [0.2, 0.25) is 0 Å². The standard InChI is InChI=1S/C21H32N2O3/c1-21(2,3)26-20(24)23-10-8-19(9-11-23)18-6-4-17(5-7-18)16-22-12-14-25-15-13-22/h4-7,19H,8-16H2,1-3H3. The summed E-state index contributed by atoms with van der Waals surface area (Å²) < 4.78 is 10.9. The van der Waals surface area contributed by atoms with E-state index in [1.807, 2.05) is 25.7 Å². The minimum atomic E-state index is -0.426. The minimum absolute atomic E-state index is 0.184. The van der Waals surface area contributed by atoms with E-state index in [0.717, 1.165) is 58.8 Å². The first kappa shape index (κ1) is 19.2. The molecule has 0 aromatic heterocycles. The van der Waals surface area contributed by atoms with Crippen molar-refractivity contribution in [2.75, 3.05) is 39.4 Å². The fraction of sp³-hybridized carbons (Fsp3) is 0.667. The van der Waals surface area contributed by atoms with Crippen LogP contribution >= 0.6 is 0 Å². The molecule has 5 nitrogen and oxygen atoms in total. The Morgan fingerprint density at radius 1 is 1.08 bits per heavy atom. The molecule has 2 fully saturated rings. The van der Waals surface area contributed by atoms with Crippen LogP contribution in [0.3, 0.4) is 0 Å². The monoisotopic (exact) mass is 360 g/mol. The zero-order valence-electron chi connectivity index (χ0n) is 16.4. The molecule has 0 N–H and O–H groups in total. The first-order valence-electron chi connectivity index (χ1n) is 9.77. The van der Waals surface area contributed by atoms with E-state index in [1.54, 1.807) is 0 Å². The molecule has 0 unspecified atom stereocenters. The van der Waals surface area contributed by atoms with Crippen LogP contribution in [0.25, 0.3) is 0 Å². The zero-order chi connectivity index (χ0) is 18.6. The lowest BCUT2D eigenvalue weighted by Gasteiger charge is -2.33. The van der Waals surface area contributed by atoms with Crippen molar-refractivity contribution >= 4 is 6.09 Å². The first-order valence-corrected chi connectivity index (χ1v) is 9.77. The molecule has 0 aliphatic carbocycles. The van der Waals surface area contributed by atoms with Crippen LogP contribution in [0, 0.1) is 0 Å². The van der Waals surface area contributed by atoms with Gasteiger partial charge in [-0.25, -0.2) is 4.79 Å². The molecule has 1 amide bonds. The van der Waals surface area contributed by atoms with Crippen LogP contribution in [-0.4, -0.2) is 60.9 Å². The second kappa shape index (κ2) is 8.40. The number of likely N-dealkylation sites (tertiary alicyclic amines) is 1. The van der Waals surface area contributed by atoms with Gasteiger partial charge < -0.3 is 14.4 Å². The third-order valence-electron chi connectivity index (χ3n) is 5.11. The summed E-state index contributed by atoms with van der Waals surface area (Å²) in [6, 6.07) is 9.04. The molecular formula is C21H32N2O3. The smallest absolute Gasteiger partial charge is 0.410 e. The van der Waals surface area contributed by atoms with E-state index in [0.29, 0.717) is 5.92 Å². The molecule has 1 aromatic carbocycles. The number of nitrogens with zero attached hydrogens (tertiary/aromatic N) is 2. The number of piperidine rings is 1. The summed E-state index contributed by atoms with van der Waals surface area (Å²) in [5.74, 6) is 0.533. The van der Waals surface area contributed by atoms with Crippen LogP contribution in [-0.2, 0) is 16.0 Å². The van der Waals surface area contributed by atoms with Crippen molar-refractivity contribution in [2.45, 2.75) is 51.7 Å². The molecule has 144 valence electrons. The van der Waals surface area contributed by atoms with Gasteiger partial charge in [-0.1, -0.05) is 24.3 Å². The second-order valence-electron chi connectivity index (χ2n) is 8.37. The maximum atomic E-state index is 12.2. The number of carbonyl (C=O) groups excluding carboxylic acids is 1. The topological polar surface area (TPSA) is 42.0 Å². The van der Waals surface area contributed by atoms with Gasteiger partial charge in [-0.05, 0) is 50.7 Å². The van der Waals surface area contributed by atoms with E-state index in [9.17, 15) is 4.79 Å². The number of morpholine rings is 1. The minimum Gasteiger partial charge on any atom is -0.444 e. The van der Waals surface area contributed by atoms with Gasteiger partial charge in [0.25, 0.3) is 0 Å². The lowest BCUT2D eigenvalue weighted by molar-refractivity contribution is 0.0205. The Balaban J connectivity index is 1.49. The number of carbonyl (C=O) groups is 1. The highest BCUT2D eigenvalue weighted by Crippen LogP contribution is 2.29. The normalized spacial score (nSPS) is 20.2. The Labute approximate surface area is 157 Å². The highest BCUT2D eigenvalue weighted by Gasteiger charge is 2.27. The first-order chi connectivity index (χ1) is 12.4. The fourth-order valence-electron chi connectivity index (χ4n) is 3.63. The van der Waals surface area contributed by atoms with Gasteiger partial charge in [0.05, 0.1) is 13.2 Å². The number of benzene rings is 1. The lowest BCUT2D eigenvalue weighted by atomic mass is 9.89. The quantitative estimate of drug-likeness (QED) is 0.825. The van der Waals surface area contributed by atoms with E-state index in [4.69, 9.17) is 9.47 Å². The highest BCUT2D eigenvalue weighted by molar-refractivity contribution is 5.68. The molecule has 2 heterocycles. The van der Waals surface area contributed by atoms with E-state index in [1.165, 1.54) is 11.1 Å². The maximum absolute atomic E-state index is 12.2. The molecule has 3 rings (SSSR count). The number of hydrogen-bond acceptors (Lipinski definition) is 4. The average molecular weight is 360 g/mol. The Bertz CT molecular complexity index is 580. The summed E-state index contributed by atoms with van der Waals surface area (Å²) in [4.78, 5) is 16.5. The predicted octanol–water partition coefficient (Wildman–Crippen LogP) is 3.63. The van der Waals surface area contributed by atoms with Crippen molar-refractivity contribution in [3.63, 3.8) is 0 Å². The van der Waals surface area contributed by atoms with E-state index >= 15 is 0 Å². The number of ether oxygens (including phenoxy) is 2. The Morgan fingerprint density at radius 2 is 1.69 bits per heavy atom. The largest absolute Gasteiger partial charge is 0.444 e. The maximum Gasteiger partial charge on any atom is 0.410 e. The van der Waals surface area contributed by atoms with E-state index in [-0.39, 0.29) is 6.09 Å². The Kier molecular flexibility index (Phi) is 6.20. The predicted molar refractivity (Wildman–Crippen MR) is 102 cm³/mol. The summed E-state index contributed by atoms with van der Waals surface area (Å²) in [6.07, 6.45) is 1.82. The van der Waals surface area contributed by atoms with E-state index in [2.05, 4.69) is 29.2 Å². The van der Waals surface area contributed by atoms with Gasteiger partial charge in [0, 0.05) is 32.7 Å². The SMILES string of the molecule is CC(C)(C)OC(=O)N1CCC(c2ccc(CN3CCOCC3)cc2)CC1. The molecule has 0 radical (unpaired) electrons. The number of hydrogen-bond donors (Lipinski definition) is 0. The molecule has 2 aliphatic rings. The van der Waals surface area contributed by atoms with Gasteiger partial charge in [-0.2, -0.15) is 0 Å². The summed E-state index contributed by atoms with van der Waals surface area (Å²) in [6.45, 7) is 12.0. The van der Waals surface area contributed by atoms with Gasteiger partial charge in [-0.3, -0.25) is 4.90 Å². The molecule has 0 bridgehead atoms. The van der Waals surface area contributed by atoms with E-state index < -0.39 is 5.60 Å². The summed E-state index contributed by atoms with van der Waals surface area (Å²) >= 11 is 0. The van der Waals surface area contributed by atoms with Crippen LogP contribution in [0.2, 0.25) is 0 Å². The fourth-order valence-corrected chi connectivity index (χ4v) is 3.63. The summed E-state index contributed by atoms with van der Waals surface area (Å²) in [7, 11) is 0. The van der Waals surface area contributed by atoms with Crippen LogP contribution in [0.4, 0.5) is 4.79 Å². The molecular weight excluding hydrogens is 328 g/mol. The molecule has 2 aliphatic heterocycles. The van der Waals surface area contributed by atoms with Crippen LogP contribution in [0.1, 0.15) is 50.7 Å². The Morgan fingerprint density at radius 3 is 2.27 bits per heavy atom. The Hall–Kier alpha value is -1.59. The van der Waals surface area contributed by atoms with Crippen molar-refractivity contribution in [2.24, 2.45) is 0 Å². The summed E-state index contributed by atoms with van der Waals surface area (Å²) in [5, 5.41) is 0.